The lowest BCUT2D eigenvalue weighted by atomic mass is 10.2. The number of nitrogens with one attached hydrogen (secondary N) is 1. The van der Waals surface area contributed by atoms with Crippen molar-refractivity contribution in [1.29, 1.82) is 0 Å². The molecular formula is C17H13ClN4O4. The first kappa shape index (κ1) is 17.6. The Kier molecular flexibility index (Phi) is 5.23. The fraction of sp³-hybridized carbons (Fsp3) is 0.118. The number of hydrogen-bond acceptors (Lipinski definition) is 6. The molecule has 0 saturated heterocycles. The van der Waals surface area contributed by atoms with Crippen molar-refractivity contribution in [2.24, 2.45) is 0 Å². The molecule has 1 aromatic heterocycles. The number of nitro benzene ring substituents is 1. The number of halogens is 1. The molecule has 9 heteroatoms. The van der Waals surface area contributed by atoms with E-state index >= 15 is 0 Å². The molecule has 0 spiro atoms. The topological polar surface area (TPSA) is 111 Å². The largest absolute Gasteiger partial charge is 0.339 e. The summed E-state index contributed by atoms with van der Waals surface area (Å²) in [4.78, 5) is 26.3. The molecule has 8 nitrogen and oxygen atoms in total. The Balaban J connectivity index is 1.56. The Morgan fingerprint density at radius 1 is 1.19 bits per heavy atom. The third-order valence-corrected chi connectivity index (χ3v) is 3.84. The van der Waals surface area contributed by atoms with Crippen LogP contribution in [0.4, 0.5) is 11.4 Å². The number of benzene rings is 2. The van der Waals surface area contributed by atoms with Crippen LogP contribution in [0.25, 0.3) is 11.4 Å². The van der Waals surface area contributed by atoms with Crippen molar-refractivity contribution in [3.05, 3.63) is 69.6 Å². The quantitative estimate of drug-likeness (QED) is 0.519. The third kappa shape index (κ3) is 4.22. The standard InChI is InChI=1S/C17H13ClN4O4/c18-14-4-2-1-3-13(14)17-20-16(26-21-17)10-9-15(23)19-11-5-7-12(8-6-11)22(24)25/h1-8H,9-10H2,(H,19,23). The molecule has 0 bridgehead atoms. The fourth-order valence-corrected chi connectivity index (χ4v) is 2.44. The molecule has 2 aromatic carbocycles. The molecule has 1 N–H and O–H groups in total. The van der Waals surface area contributed by atoms with Gasteiger partial charge >= 0.3 is 0 Å². The average molecular weight is 373 g/mol. The van der Waals surface area contributed by atoms with Crippen LogP contribution in [0, 0.1) is 10.1 Å². The van der Waals surface area contributed by atoms with Gasteiger partial charge in [-0.1, -0.05) is 28.9 Å². The van der Waals surface area contributed by atoms with Crippen LogP contribution < -0.4 is 5.32 Å². The van der Waals surface area contributed by atoms with Crippen molar-refractivity contribution in [2.75, 3.05) is 5.32 Å². The third-order valence-electron chi connectivity index (χ3n) is 3.51. The number of carbonyl (C=O) groups is 1. The van der Waals surface area contributed by atoms with Crippen LogP contribution in [0.5, 0.6) is 0 Å². The van der Waals surface area contributed by atoms with Crippen molar-refractivity contribution >= 4 is 28.9 Å². The van der Waals surface area contributed by atoms with Crippen molar-refractivity contribution in [3.63, 3.8) is 0 Å². The van der Waals surface area contributed by atoms with E-state index in [1.165, 1.54) is 24.3 Å². The molecule has 0 aliphatic carbocycles. The van der Waals surface area contributed by atoms with E-state index < -0.39 is 4.92 Å². The summed E-state index contributed by atoms with van der Waals surface area (Å²) in [5.41, 5.74) is 1.09. The van der Waals surface area contributed by atoms with Gasteiger partial charge in [-0.3, -0.25) is 14.9 Å². The molecule has 0 saturated carbocycles. The number of nitro groups is 1. The Bertz CT molecular complexity index is 940. The van der Waals surface area contributed by atoms with Gasteiger partial charge in [0.05, 0.1) is 9.95 Å². The minimum absolute atomic E-state index is 0.0408. The van der Waals surface area contributed by atoms with E-state index in [9.17, 15) is 14.9 Å². The summed E-state index contributed by atoms with van der Waals surface area (Å²) in [6, 6.07) is 12.7. The number of anilines is 1. The van der Waals surface area contributed by atoms with E-state index in [0.29, 0.717) is 28.0 Å². The molecule has 1 amide bonds. The average Bonchev–Trinajstić information content (AvgIpc) is 3.09. The molecule has 0 unspecified atom stereocenters. The van der Waals surface area contributed by atoms with E-state index in [1.807, 2.05) is 6.07 Å². The maximum absolute atomic E-state index is 12.0. The first-order valence-electron chi connectivity index (χ1n) is 7.65. The monoisotopic (exact) mass is 372 g/mol. The number of non-ortho nitro benzene ring substituents is 1. The first-order valence-corrected chi connectivity index (χ1v) is 8.02. The lowest BCUT2D eigenvalue weighted by Crippen LogP contribution is -2.12. The van der Waals surface area contributed by atoms with E-state index in [0.717, 1.165) is 0 Å². The highest BCUT2D eigenvalue weighted by Gasteiger charge is 2.13. The summed E-state index contributed by atoms with van der Waals surface area (Å²) in [5.74, 6) is 0.413. The maximum Gasteiger partial charge on any atom is 0.269 e. The number of rotatable bonds is 6. The summed E-state index contributed by atoms with van der Waals surface area (Å²) in [5, 5.41) is 17.6. The number of aryl methyl sites for hydroxylation is 1. The fourth-order valence-electron chi connectivity index (χ4n) is 2.22. The van der Waals surface area contributed by atoms with Gasteiger partial charge in [0, 0.05) is 36.2 Å². The Labute approximate surface area is 152 Å². The van der Waals surface area contributed by atoms with Gasteiger partial charge < -0.3 is 9.84 Å². The van der Waals surface area contributed by atoms with Gasteiger partial charge in [0.1, 0.15) is 0 Å². The number of amides is 1. The van der Waals surface area contributed by atoms with Crippen LogP contribution in [-0.2, 0) is 11.2 Å². The number of carbonyl (C=O) groups excluding carboxylic acids is 1. The van der Waals surface area contributed by atoms with Crippen molar-refractivity contribution in [1.82, 2.24) is 10.1 Å². The molecule has 3 aromatic rings. The SMILES string of the molecule is O=C(CCc1nc(-c2ccccc2Cl)no1)Nc1ccc([N+](=O)[O-])cc1. The Morgan fingerprint density at radius 3 is 2.62 bits per heavy atom. The van der Waals surface area contributed by atoms with Crippen LogP contribution in [0.1, 0.15) is 12.3 Å². The van der Waals surface area contributed by atoms with Gasteiger partial charge in [0.25, 0.3) is 5.69 Å². The highest BCUT2D eigenvalue weighted by Crippen LogP contribution is 2.25. The van der Waals surface area contributed by atoms with Gasteiger partial charge in [0.2, 0.25) is 17.6 Å². The van der Waals surface area contributed by atoms with Gasteiger partial charge in [-0.25, -0.2) is 0 Å². The van der Waals surface area contributed by atoms with Crippen LogP contribution in [-0.4, -0.2) is 21.0 Å². The minimum atomic E-state index is -0.502. The molecule has 0 aliphatic heterocycles. The molecular weight excluding hydrogens is 360 g/mol. The Hall–Kier alpha value is -3.26. The first-order chi connectivity index (χ1) is 12.5. The molecule has 0 atom stereocenters. The van der Waals surface area contributed by atoms with Gasteiger partial charge in [0.15, 0.2) is 0 Å². The van der Waals surface area contributed by atoms with E-state index in [4.69, 9.17) is 16.1 Å². The second-order valence-corrected chi connectivity index (χ2v) is 5.75. The zero-order valence-electron chi connectivity index (χ0n) is 13.4. The van der Waals surface area contributed by atoms with E-state index in [2.05, 4.69) is 15.5 Å². The zero-order valence-corrected chi connectivity index (χ0v) is 14.1. The molecule has 0 radical (unpaired) electrons. The number of aromatic nitrogens is 2. The summed E-state index contributed by atoms with van der Waals surface area (Å²) in [7, 11) is 0. The molecule has 26 heavy (non-hydrogen) atoms. The summed E-state index contributed by atoms with van der Waals surface area (Å²) >= 11 is 6.09. The lowest BCUT2D eigenvalue weighted by Gasteiger charge is -2.03. The Morgan fingerprint density at radius 2 is 1.92 bits per heavy atom. The molecule has 132 valence electrons. The maximum atomic E-state index is 12.0. The van der Waals surface area contributed by atoms with Gasteiger partial charge in [-0.15, -0.1) is 0 Å². The van der Waals surface area contributed by atoms with Crippen LogP contribution in [0.3, 0.4) is 0 Å². The predicted octanol–water partition coefficient (Wildman–Crippen LogP) is 3.87. The molecule has 0 aliphatic rings. The smallest absolute Gasteiger partial charge is 0.269 e. The van der Waals surface area contributed by atoms with Gasteiger partial charge in [-0.2, -0.15) is 4.98 Å². The van der Waals surface area contributed by atoms with Crippen LogP contribution >= 0.6 is 11.6 Å². The summed E-state index contributed by atoms with van der Waals surface area (Å²) in [6.07, 6.45) is 0.386. The summed E-state index contributed by atoms with van der Waals surface area (Å²) < 4.78 is 5.14. The summed E-state index contributed by atoms with van der Waals surface area (Å²) in [6.45, 7) is 0. The highest BCUT2D eigenvalue weighted by atomic mass is 35.5. The van der Waals surface area contributed by atoms with E-state index in [-0.39, 0.29) is 24.4 Å². The highest BCUT2D eigenvalue weighted by molar-refractivity contribution is 6.33. The number of hydrogen-bond donors (Lipinski definition) is 1. The molecule has 0 fully saturated rings. The predicted molar refractivity (Wildman–Crippen MR) is 94.8 cm³/mol. The minimum Gasteiger partial charge on any atom is -0.339 e. The van der Waals surface area contributed by atoms with E-state index in [1.54, 1.807) is 18.2 Å². The van der Waals surface area contributed by atoms with Gasteiger partial charge in [-0.05, 0) is 24.3 Å². The van der Waals surface area contributed by atoms with Crippen molar-refractivity contribution in [2.45, 2.75) is 12.8 Å². The zero-order chi connectivity index (χ0) is 18.5. The van der Waals surface area contributed by atoms with Crippen LogP contribution in [0.15, 0.2) is 53.1 Å². The lowest BCUT2D eigenvalue weighted by molar-refractivity contribution is -0.384. The number of nitrogens with zero attached hydrogens (tertiary/aromatic N) is 3. The molecule has 3 rings (SSSR count). The normalized spacial score (nSPS) is 10.5. The van der Waals surface area contributed by atoms with Crippen molar-refractivity contribution < 1.29 is 14.2 Å². The second-order valence-electron chi connectivity index (χ2n) is 5.34. The van der Waals surface area contributed by atoms with Crippen molar-refractivity contribution in [3.8, 4) is 11.4 Å². The second kappa shape index (κ2) is 7.75. The van der Waals surface area contributed by atoms with Crippen LogP contribution in [0.2, 0.25) is 5.02 Å². The molecule has 1 heterocycles.